The van der Waals surface area contributed by atoms with E-state index in [0.717, 1.165) is 0 Å². The number of amides is 2. The number of benzene rings is 1. The van der Waals surface area contributed by atoms with Crippen LogP contribution in [0.25, 0.3) is 0 Å². The van der Waals surface area contributed by atoms with E-state index in [9.17, 15) is 14.7 Å². The van der Waals surface area contributed by atoms with E-state index in [1.165, 1.54) is 6.07 Å². The van der Waals surface area contributed by atoms with Crippen molar-refractivity contribution in [2.45, 2.75) is 40.2 Å². The number of rotatable bonds is 7. The van der Waals surface area contributed by atoms with Gasteiger partial charge in [-0.05, 0) is 30.0 Å². The monoisotopic (exact) mass is 340 g/mol. The number of carbonyl (C=O) groups excluding carboxylic acids is 2. The normalized spacial score (nSPS) is 12.3. The van der Waals surface area contributed by atoms with Crippen LogP contribution < -0.4 is 10.6 Å². The van der Waals surface area contributed by atoms with E-state index < -0.39 is 6.10 Å². The Hall–Kier alpha value is -1.59. The quantitative estimate of drug-likeness (QED) is 0.713. The Morgan fingerprint density at radius 1 is 1.22 bits per heavy atom. The van der Waals surface area contributed by atoms with Gasteiger partial charge >= 0.3 is 0 Å². The van der Waals surface area contributed by atoms with Crippen molar-refractivity contribution in [3.63, 3.8) is 0 Å². The lowest BCUT2D eigenvalue weighted by Gasteiger charge is -2.16. The molecule has 0 saturated heterocycles. The number of hydrogen-bond donors (Lipinski definition) is 3. The zero-order chi connectivity index (χ0) is 17.6. The van der Waals surface area contributed by atoms with E-state index in [1.54, 1.807) is 12.1 Å². The molecule has 3 N–H and O–H groups in total. The zero-order valence-electron chi connectivity index (χ0n) is 14.0. The molecular weight excluding hydrogens is 316 g/mol. The zero-order valence-corrected chi connectivity index (χ0v) is 14.8. The summed E-state index contributed by atoms with van der Waals surface area (Å²) in [5, 5.41) is 15.4. The maximum atomic E-state index is 12.2. The molecule has 1 aromatic carbocycles. The number of nitrogens with one attached hydrogen (secondary N) is 2. The van der Waals surface area contributed by atoms with Crippen LogP contribution in [-0.4, -0.2) is 29.6 Å². The second-order valence-corrected chi connectivity index (χ2v) is 6.77. The lowest BCUT2D eigenvalue weighted by molar-refractivity contribution is -0.116. The first kappa shape index (κ1) is 19.5. The van der Waals surface area contributed by atoms with Crippen molar-refractivity contribution in [1.29, 1.82) is 0 Å². The summed E-state index contributed by atoms with van der Waals surface area (Å²) in [6, 6.07) is 4.76. The molecule has 0 spiro atoms. The molecule has 23 heavy (non-hydrogen) atoms. The molecule has 0 aliphatic carbocycles. The van der Waals surface area contributed by atoms with Gasteiger partial charge in [0, 0.05) is 18.7 Å². The highest BCUT2D eigenvalue weighted by Crippen LogP contribution is 2.21. The highest BCUT2D eigenvalue weighted by Gasteiger charge is 2.15. The average molecular weight is 341 g/mol. The molecule has 1 rings (SSSR count). The number of aliphatic hydroxyl groups is 1. The second-order valence-electron chi connectivity index (χ2n) is 6.36. The number of aliphatic hydroxyl groups excluding tert-OH is 1. The van der Waals surface area contributed by atoms with Gasteiger partial charge in [0.1, 0.15) is 0 Å². The van der Waals surface area contributed by atoms with Crippen molar-refractivity contribution in [3.8, 4) is 0 Å². The molecule has 0 aromatic heterocycles. The molecule has 128 valence electrons. The van der Waals surface area contributed by atoms with Crippen molar-refractivity contribution < 1.29 is 14.7 Å². The van der Waals surface area contributed by atoms with E-state index >= 15 is 0 Å². The number of carbonyl (C=O) groups is 2. The van der Waals surface area contributed by atoms with Crippen molar-refractivity contribution in [2.75, 3.05) is 11.9 Å². The number of anilines is 1. The van der Waals surface area contributed by atoms with Gasteiger partial charge in [-0.1, -0.05) is 39.3 Å². The standard InChI is InChI=1S/C17H25ClN2O3/c1-10(2)7-16(22)20-12-5-6-14(18)13(8-12)17(23)19-9-15(21)11(3)4/h5-6,8,10-11,15,21H,7,9H2,1-4H3,(H,19,23)(H,20,22). The first-order valence-electron chi connectivity index (χ1n) is 7.76. The van der Waals surface area contributed by atoms with Crippen LogP contribution in [0.5, 0.6) is 0 Å². The van der Waals surface area contributed by atoms with Crippen molar-refractivity contribution in [2.24, 2.45) is 11.8 Å². The minimum absolute atomic E-state index is 0.0485. The Kier molecular flexibility index (Phi) is 7.52. The summed E-state index contributed by atoms with van der Waals surface area (Å²) in [6.07, 6.45) is -0.211. The van der Waals surface area contributed by atoms with Gasteiger partial charge < -0.3 is 15.7 Å². The fourth-order valence-corrected chi connectivity index (χ4v) is 2.09. The van der Waals surface area contributed by atoms with E-state index in [0.29, 0.717) is 17.1 Å². The number of halogens is 1. The summed E-state index contributed by atoms with van der Waals surface area (Å²) in [5.41, 5.74) is 0.791. The third-order valence-corrected chi connectivity index (χ3v) is 3.66. The lowest BCUT2D eigenvalue weighted by atomic mass is 10.1. The fourth-order valence-electron chi connectivity index (χ4n) is 1.89. The maximum absolute atomic E-state index is 12.2. The van der Waals surface area contributed by atoms with E-state index in [-0.39, 0.29) is 35.8 Å². The van der Waals surface area contributed by atoms with Crippen LogP contribution in [0.4, 0.5) is 5.69 Å². The topological polar surface area (TPSA) is 78.4 Å². The summed E-state index contributed by atoms with van der Waals surface area (Å²) in [5.74, 6) is -0.186. The molecule has 0 aliphatic heterocycles. The van der Waals surface area contributed by atoms with Crippen LogP contribution in [-0.2, 0) is 4.79 Å². The van der Waals surface area contributed by atoms with E-state index in [4.69, 9.17) is 11.6 Å². The molecular formula is C17H25ClN2O3. The molecule has 5 nitrogen and oxygen atoms in total. The van der Waals surface area contributed by atoms with Crippen molar-refractivity contribution >= 4 is 29.1 Å². The first-order chi connectivity index (χ1) is 10.7. The average Bonchev–Trinajstić information content (AvgIpc) is 2.45. The Morgan fingerprint density at radius 2 is 1.87 bits per heavy atom. The smallest absolute Gasteiger partial charge is 0.252 e. The van der Waals surface area contributed by atoms with Gasteiger partial charge in [0.2, 0.25) is 5.91 Å². The highest BCUT2D eigenvalue weighted by atomic mass is 35.5. The minimum Gasteiger partial charge on any atom is -0.391 e. The van der Waals surface area contributed by atoms with Crippen LogP contribution in [0.1, 0.15) is 44.5 Å². The van der Waals surface area contributed by atoms with Crippen LogP contribution in [0.3, 0.4) is 0 Å². The van der Waals surface area contributed by atoms with Crippen molar-refractivity contribution in [3.05, 3.63) is 28.8 Å². The van der Waals surface area contributed by atoms with Crippen LogP contribution >= 0.6 is 11.6 Å². The van der Waals surface area contributed by atoms with Gasteiger partial charge in [-0.2, -0.15) is 0 Å². The Morgan fingerprint density at radius 3 is 2.43 bits per heavy atom. The third kappa shape index (κ3) is 6.59. The molecule has 0 aliphatic rings. The summed E-state index contributed by atoms with van der Waals surface area (Å²) in [6.45, 7) is 7.81. The van der Waals surface area contributed by atoms with Gasteiger partial charge in [0.15, 0.2) is 0 Å². The first-order valence-corrected chi connectivity index (χ1v) is 8.14. The third-order valence-electron chi connectivity index (χ3n) is 3.33. The Labute approximate surface area is 142 Å². The highest BCUT2D eigenvalue weighted by molar-refractivity contribution is 6.34. The maximum Gasteiger partial charge on any atom is 0.252 e. The largest absolute Gasteiger partial charge is 0.391 e. The summed E-state index contributed by atoms with van der Waals surface area (Å²) in [4.78, 5) is 24.0. The van der Waals surface area contributed by atoms with E-state index in [2.05, 4.69) is 10.6 Å². The second kappa shape index (κ2) is 8.89. The SMILES string of the molecule is CC(C)CC(=O)Nc1ccc(Cl)c(C(=O)NCC(O)C(C)C)c1. The van der Waals surface area contributed by atoms with Crippen molar-refractivity contribution in [1.82, 2.24) is 5.32 Å². The van der Waals surface area contributed by atoms with Crippen LogP contribution in [0.15, 0.2) is 18.2 Å². The molecule has 1 aromatic rings. The predicted octanol–water partition coefficient (Wildman–Crippen LogP) is 3.07. The molecule has 0 fully saturated rings. The molecule has 0 bridgehead atoms. The fraction of sp³-hybridized carbons (Fsp3) is 0.529. The summed E-state index contributed by atoms with van der Waals surface area (Å²) < 4.78 is 0. The Balaban J connectivity index is 2.76. The van der Waals surface area contributed by atoms with Crippen LogP contribution in [0.2, 0.25) is 5.02 Å². The lowest BCUT2D eigenvalue weighted by Crippen LogP contribution is -2.34. The molecule has 2 amide bonds. The number of hydrogen-bond acceptors (Lipinski definition) is 3. The molecule has 1 atom stereocenters. The summed E-state index contributed by atoms with van der Waals surface area (Å²) in [7, 11) is 0. The van der Waals surface area contributed by atoms with Gasteiger partial charge in [-0.25, -0.2) is 0 Å². The molecule has 0 heterocycles. The van der Waals surface area contributed by atoms with E-state index in [1.807, 2.05) is 27.7 Å². The predicted molar refractivity (Wildman–Crippen MR) is 92.7 cm³/mol. The minimum atomic E-state index is -0.619. The van der Waals surface area contributed by atoms with Gasteiger partial charge in [0.25, 0.3) is 5.91 Å². The Bertz CT molecular complexity index is 559. The van der Waals surface area contributed by atoms with Gasteiger partial charge in [-0.3, -0.25) is 9.59 Å². The van der Waals surface area contributed by atoms with Gasteiger partial charge in [-0.15, -0.1) is 0 Å². The van der Waals surface area contributed by atoms with Crippen LogP contribution in [0, 0.1) is 11.8 Å². The summed E-state index contributed by atoms with van der Waals surface area (Å²) >= 11 is 6.05. The molecule has 0 saturated carbocycles. The molecule has 1 unspecified atom stereocenters. The van der Waals surface area contributed by atoms with Gasteiger partial charge in [0.05, 0.1) is 16.7 Å². The molecule has 6 heteroatoms. The molecule has 0 radical (unpaired) electrons.